The molecule has 0 saturated heterocycles. The van der Waals surface area contributed by atoms with Crippen LogP contribution in [0.1, 0.15) is 38.1 Å². The summed E-state index contributed by atoms with van der Waals surface area (Å²) in [6.45, 7) is 5.44. The number of aryl methyl sites for hydroxylation is 1. The molecule has 1 fully saturated rings. The Balaban J connectivity index is 1.58. The lowest BCUT2D eigenvalue weighted by molar-refractivity contribution is 0.387. The Morgan fingerprint density at radius 1 is 1.29 bits per heavy atom. The highest BCUT2D eigenvalue weighted by Gasteiger charge is 2.43. The third kappa shape index (κ3) is 3.53. The fourth-order valence-corrected chi connectivity index (χ4v) is 3.19. The van der Waals surface area contributed by atoms with Gasteiger partial charge in [-0.1, -0.05) is 37.3 Å². The van der Waals surface area contributed by atoms with Gasteiger partial charge >= 0.3 is 0 Å². The third-order valence-electron chi connectivity index (χ3n) is 4.38. The molecule has 1 aliphatic rings. The lowest BCUT2D eigenvalue weighted by Gasteiger charge is -2.24. The van der Waals surface area contributed by atoms with Gasteiger partial charge in [-0.2, -0.15) is 0 Å². The Kier molecular flexibility index (Phi) is 4.11. The summed E-state index contributed by atoms with van der Waals surface area (Å²) < 4.78 is 2.27. The van der Waals surface area contributed by atoms with Gasteiger partial charge in [0, 0.05) is 36.9 Å². The van der Waals surface area contributed by atoms with Crippen molar-refractivity contribution in [1.29, 1.82) is 0 Å². The molecular formula is C18H25N3. The van der Waals surface area contributed by atoms with Gasteiger partial charge in [0.2, 0.25) is 0 Å². The minimum atomic E-state index is 0.327. The van der Waals surface area contributed by atoms with Crippen LogP contribution in [0.5, 0.6) is 0 Å². The van der Waals surface area contributed by atoms with Crippen molar-refractivity contribution in [3.8, 4) is 0 Å². The van der Waals surface area contributed by atoms with Crippen LogP contribution in [0.4, 0.5) is 0 Å². The highest BCUT2D eigenvalue weighted by molar-refractivity contribution is 5.21. The first-order valence-corrected chi connectivity index (χ1v) is 8.02. The van der Waals surface area contributed by atoms with Gasteiger partial charge in [-0.25, -0.2) is 4.98 Å². The van der Waals surface area contributed by atoms with Crippen LogP contribution in [-0.2, 0) is 19.4 Å². The zero-order valence-electron chi connectivity index (χ0n) is 13.0. The van der Waals surface area contributed by atoms with Crippen LogP contribution in [0, 0.1) is 0 Å². The molecule has 0 spiro atoms. The monoisotopic (exact) mass is 283 g/mol. The molecule has 3 nitrogen and oxygen atoms in total. The summed E-state index contributed by atoms with van der Waals surface area (Å²) >= 11 is 0. The molecule has 1 aromatic heterocycles. The van der Waals surface area contributed by atoms with Crippen LogP contribution in [0.15, 0.2) is 42.7 Å². The molecule has 1 atom stereocenters. The molecule has 3 heteroatoms. The SMILES string of the molecule is CCc1nccn1C[C@H](C)NC1(Cc2ccccc2)CC1. The molecule has 1 aromatic carbocycles. The number of nitrogens with one attached hydrogen (secondary N) is 1. The summed E-state index contributed by atoms with van der Waals surface area (Å²) in [7, 11) is 0. The topological polar surface area (TPSA) is 29.9 Å². The molecule has 0 radical (unpaired) electrons. The van der Waals surface area contributed by atoms with Gasteiger partial charge < -0.3 is 9.88 Å². The predicted molar refractivity (Wildman–Crippen MR) is 86.3 cm³/mol. The molecule has 1 aliphatic carbocycles. The van der Waals surface area contributed by atoms with Crippen molar-refractivity contribution in [3.05, 3.63) is 54.1 Å². The lowest BCUT2D eigenvalue weighted by atomic mass is 10.0. The number of nitrogens with zero attached hydrogens (tertiary/aromatic N) is 2. The van der Waals surface area contributed by atoms with Gasteiger partial charge in [-0.05, 0) is 31.7 Å². The second kappa shape index (κ2) is 6.02. The van der Waals surface area contributed by atoms with Crippen molar-refractivity contribution in [2.24, 2.45) is 0 Å². The molecule has 1 heterocycles. The summed E-state index contributed by atoms with van der Waals surface area (Å²) in [6, 6.07) is 11.3. The molecule has 0 amide bonds. The third-order valence-corrected chi connectivity index (χ3v) is 4.38. The number of benzene rings is 1. The number of rotatable bonds is 7. The summed E-state index contributed by atoms with van der Waals surface area (Å²) in [5.41, 5.74) is 1.76. The van der Waals surface area contributed by atoms with Crippen molar-refractivity contribution in [2.75, 3.05) is 0 Å². The lowest BCUT2D eigenvalue weighted by Crippen LogP contribution is -2.42. The van der Waals surface area contributed by atoms with Crippen molar-refractivity contribution in [3.63, 3.8) is 0 Å². The Morgan fingerprint density at radius 3 is 2.71 bits per heavy atom. The van der Waals surface area contributed by atoms with Crippen molar-refractivity contribution < 1.29 is 0 Å². The molecule has 112 valence electrons. The normalized spacial score (nSPS) is 17.6. The second-order valence-corrected chi connectivity index (χ2v) is 6.34. The van der Waals surface area contributed by atoms with Gasteiger partial charge in [0.05, 0.1) is 0 Å². The van der Waals surface area contributed by atoms with Crippen molar-refractivity contribution >= 4 is 0 Å². The summed E-state index contributed by atoms with van der Waals surface area (Å²) in [4.78, 5) is 4.40. The summed E-state index contributed by atoms with van der Waals surface area (Å²) in [6.07, 6.45) is 8.71. The standard InChI is InChI=1S/C18H25N3/c1-3-17-19-11-12-21(17)14-15(2)20-18(9-10-18)13-16-7-5-4-6-8-16/h4-8,11-12,15,20H,3,9-10,13-14H2,1-2H3/t15-/m0/s1. The number of hydrogen-bond acceptors (Lipinski definition) is 2. The average molecular weight is 283 g/mol. The maximum atomic E-state index is 4.40. The molecule has 1 saturated carbocycles. The predicted octanol–water partition coefficient (Wildman–Crippen LogP) is 3.20. The van der Waals surface area contributed by atoms with Crippen LogP contribution in [0.2, 0.25) is 0 Å². The Morgan fingerprint density at radius 2 is 2.05 bits per heavy atom. The van der Waals surface area contributed by atoms with E-state index in [-0.39, 0.29) is 0 Å². The largest absolute Gasteiger partial charge is 0.333 e. The zero-order valence-corrected chi connectivity index (χ0v) is 13.0. The van der Waals surface area contributed by atoms with Gasteiger partial charge in [-0.15, -0.1) is 0 Å². The summed E-state index contributed by atoms with van der Waals surface area (Å²) in [5.74, 6) is 1.18. The summed E-state index contributed by atoms with van der Waals surface area (Å²) in [5, 5.41) is 3.86. The number of imidazole rings is 1. The van der Waals surface area contributed by atoms with E-state index in [9.17, 15) is 0 Å². The molecule has 0 unspecified atom stereocenters. The fraction of sp³-hybridized carbons (Fsp3) is 0.500. The first-order chi connectivity index (χ1) is 10.2. The Labute approximate surface area is 127 Å². The number of hydrogen-bond donors (Lipinski definition) is 1. The second-order valence-electron chi connectivity index (χ2n) is 6.34. The van der Waals surface area contributed by atoms with E-state index >= 15 is 0 Å². The highest BCUT2D eigenvalue weighted by atomic mass is 15.1. The first kappa shape index (κ1) is 14.3. The Bertz CT molecular complexity index is 569. The van der Waals surface area contributed by atoms with E-state index in [2.05, 4.69) is 65.2 Å². The number of aromatic nitrogens is 2. The minimum Gasteiger partial charge on any atom is -0.333 e. The molecule has 3 rings (SSSR count). The van der Waals surface area contributed by atoms with Crippen LogP contribution in [0.25, 0.3) is 0 Å². The van der Waals surface area contributed by atoms with Crippen LogP contribution < -0.4 is 5.32 Å². The van der Waals surface area contributed by atoms with E-state index in [0.717, 1.165) is 19.4 Å². The molecular weight excluding hydrogens is 258 g/mol. The first-order valence-electron chi connectivity index (χ1n) is 8.02. The van der Waals surface area contributed by atoms with E-state index in [1.165, 1.54) is 24.2 Å². The van der Waals surface area contributed by atoms with Gasteiger partial charge in [0.15, 0.2) is 0 Å². The van der Waals surface area contributed by atoms with E-state index in [1.807, 2.05) is 6.20 Å². The minimum absolute atomic E-state index is 0.327. The highest BCUT2D eigenvalue weighted by Crippen LogP contribution is 2.39. The van der Waals surface area contributed by atoms with E-state index in [4.69, 9.17) is 0 Å². The maximum absolute atomic E-state index is 4.40. The van der Waals surface area contributed by atoms with Crippen LogP contribution >= 0.6 is 0 Å². The van der Waals surface area contributed by atoms with E-state index in [1.54, 1.807) is 0 Å². The van der Waals surface area contributed by atoms with Crippen LogP contribution in [-0.4, -0.2) is 21.1 Å². The maximum Gasteiger partial charge on any atom is 0.108 e. The molecule has 0 bridgehead atoms. The van der Waals surface area contributed by atoms with E-state index < -0.39 is 0 Å². The van der Waals surface area contributed by atoms with Crippen molar-refractivity contribution in [2.45, 2.75) is 57.7 Å². The van der Waals surface area contributed by atoms with E-state index in [0.29, 0.717) is 11.6 Å². The van der Waals surface area contributed by atoms with Gasteiger partial charge in [-0.3, -0.25) is 0 Å². The van der Waals surface area contributed by atoms with Crippen molar-refractivity contribution in [1.82, 2.24) is 14.9 Å². The quantitative estimate of drug-likeness (QED) is 0.845. The van der Waals surface area contributed by atoms with Gasteiger partial charge in [0.1, 0.15) is 5.82 Å². The Hall–Kier alpha value is -1.61. The van der Waals surface area contributed by atoms with Gasteiger partial charge in [0.25, 0.3) is 0 Å². The zero-order chi connectivity index (χ0) is 14.7. The van der Waals surface area contributed by atoms with Crippen LogP contribution in [0.3, 0.4) is 0 Å². The molecule has 2 aromatic rings. The molecule has 1 N–H and O–H groups in total. The fourth-order valence-electron chi connectivity index (χ4n) is 3.19. The molecule has 21 heavy (non-hydrogen) atoms. The molecule has 0 aliphatic heterocycles. The smallest absolute Gasteiger partial charge is 0.108 e. The average Bonchev–Trinajstić information content (AvgIpc) is 3.07.